The van der Waals surface area contributed by atoms with Gasteiger partial charge in [0, 0.05) is 0 Å². The minimum absolute atomic E-state index is 0.125. The minimum Gasteiger partial charge on any atom is -0.494 e. The second-order valence-electron chi connectivity index (χ2n) is 3.57. The van der Waals surface area contributed by atoms with E-state index in [1.54, 1.807) is 0 Å². The number of benzene rings is 1. The highest BCUT2D eigenvalue weighted by atomic mass is 32.2. The molecule has 0 saturated carbocycles. The SMILES string of the molecule is NCCCOc1ccc(S(=O)(=O)OCC(=O)O)cc1. The van der Waals surface area contributed by atoms with Crippen molar-refractivity contribution in [3.63, 3.8) is 0 Å². The van der Waals surface area contributed by atoms with E-state index in [1.165, 1.54) is 24.3 Å². The molecule has 1 aromatic carbocycles. The van der Waals surface area contributed by atoms with E-state index in [9.17, 15) is 13.2 Å². The van der Waals surface area contributed by atoms with Gasteiger partial charge in [-0.3, -0.25) is 4.18 Å². The molecular formula is C11H15NO6S. The number of nitrogens with two attached hydrogens (primary N) is 1. The number of ether oxygens (including phenoxy) is 1. The van der Waals surface area contributed by atoms with Crippen molar-refractivity contribution in [3.8, 4) is 5.75 Å². The Balaban J connectivity index is 2.67. The first kappa shape index (κ1) is 15.4. The predicted octanol–water partition coefficient (Wildman–Crippen LogP) is 0.204. The number of rotatable bonds is 8. The quantitative estimate of drug-likeness (QED) is 0.519. The van der Waals surface area contributed by atoms with Crippen LogP contribution in [0.1, 0.15) is 6.42 Å². The number of hydrogen-bond donors (Lipinski definition) is 2. The molecule has 0 aliphatic rings. The lowest BCUT2D eigenvalue weighted by atomic mass is 10.3. The first-order valence-electron chi connectivity index (χ1n) is 5.50. The van der Waals surface area contributed by atoms with Gasteiger partial charge in [-0.2, -0.15) is 8.42 Å². The maximum atomic E-state index is 11.6. The van der Waals surface area contributed by atoms with Gasteiger partial charge in [0.2, 0.25) is 0 Å². The summed E-state index contributed by atoms with van der Waals surface area (Å²) in [6.45, 7) is 0.0463. The molecule has 0 spiro atoms. The van der Waals surface area contributed by atoms with Gasteiger partial charge in [-0.25, -0.2) is 4.79 Å². The summed E-state index contributed by atoms with van der Waals surface area (Å²) in [7, 11) is -4.05. The number of carboxylic acid groups (broad SMARTS) is 1. The highest BCUT2D eigenvalue weighted by Gasteiger charge is 2.16. The Morgan fingerprint density at radius 1 is 1.26 bits per heavy atom. The average Bonchev–Trinajstić information content (AvgIpc) is 2.37. The summed E-state index contributed by atoms with van der Waals surface area (Å²) in [4.78, 5) is 10.1. The summed E-state index contributed by atoms with van der Waals surface area (Å²) in [5.74, 6) is -0.851. The van der Waals surface area contributed by atoms with Crippen molar-refractivity contribution >= 4 is 16.1 Å². The first-order chi connectivity index (χ1) is 8.95. The van der Waals surface area contributed by atoms with Gasteiger partial charge in [0.05, 0.1) is 11.5 Å². The fraction of sp³-hybridized carbons (Fsp3) is 0.364. The normalized spacial score (nSPS) is 11.2. The third-order valence-electron chi connectivity index (χ3n) is 2.07. The van der Waals surface area contributed by atoms with Crippen LogP contribution in [0.4, 0.5) is 0 Å². The molecule has 0 unspecified atom stereocenters. The average molecular weight is 289 g/mol. The molecule has 8 heteroatoms. The molecule has 0 saturated heterocycles. The second-order valence-corrected chi connectivity index (χ2v) is 5.19. The maximum Gasteiger partial charge on any atom is 0.331 e. The Bertz CT molecular complexity index is 510. The summed E-state index contributed by atoms with van der Waals surface area (Å²) in [6, 6.07) is 5.50. The standard InChI is InChI=1S/C11H15NO6S/c12-6-1-7-17-9-2-4-10(5-3-9)19(15,16)18-8-11(13)14/h2-5H,1,6-8,12H2,(H,13,14). The first-order valence-corrected chi connectivity index (χ1v) is 6.90. The van der Waals surface area contributed by atoms with Crippen molar-refractivity contribution in [1.29, 1.82) is 0 Å². The molecule has 0 aliphatic heterocycles. The molecule has 106 valence electrons. The second kappa shape index (κ2) is 7.07. The minimum atomic E-state index is -4.05. The molecule has 19 heavy (non-hydrogen) atoms. The Labute approximate surface area is 111 Å². The summed E-state index contributed by atoms with van der Waals surface area (Å²) in [5, 5.41) is 8.37. The molecule has 0 aromatic heterocycles. The molecular weight excluding hydrogens is 274 g/mol. The van der Waals surface area contributed by atoms with E-state index < -0.39 is 22.7 Å². The van der Waals surface area contributed by atoms with E-state index in [4.69, 9.17) is 15.6 Å². The zero-order valence-electron chi connectivity index (χ0n) is 10.1. The van der Waals surface area contributed by atoms with Gasteiger partial charge < -0.3 is 15.6 Å². The Hall–Kier alpha value is -1.64. The van der Waals surface area contributed by atoms with Crippen molar-refractivity contribution in [2.24, 2.45) is 5.73 Å². The van der Waals surface area contributed by atoms with Crippen molar-refractivity contribution in [2.45, 2.75) is 11.3 Å². The molecule has 1 aromatic rings. The highest BCUT2D eigenvalue weighted by molar-refractivity contribution is 7.86. The van der Waals surface area contributed by atoms with Crippen LogP contribution in [0, 0.1) is 0 Å². The highest BCUT2D eigenvalue weighted by Crippen LogP contribution is 2.17. The van der Waals surface area contributed by atoms with Crippen molar-refractivity contribution < 1.29 is 27.2 Å². The molecule has 0 aliphatic carbocycles. The van der Waals surface area contributed by atoms with Crippen molar-refractivity contribution in [2.75, 3.05) is 19.8 Å². The number of carboxylic acids is 1. The van der Waals surface area contributed by atoms with Gasteiger partial charge in [0.25, 0.3) is 10.1 Å². The van der Waals surface area contributed by atoms with Gasteiger partial charge in [0.15, 0.2) is 6.61 Å². The molecule has 0 atom stereocenters. The van der Waals surface area contributed by atoms with Crippen LogP contribution >= 0.6 is 0 Å². The van der Waals surface area contributed by atoms with E-state index in [2.05, 4.69) is 4.18 Å². The summed E-state index contributed by atoms with van der Waals surface area (Å²) in [5.41, 5.74) is 5.31. The largest absolute Gasteiger partial charge is 0.494 e. The van der Waals surface area contributed by atoms with Crippen LogP contribution in [0.25, 0.3) is 0 Å². The van der Waals surface area contributed by atoms with Gasteiger partial charge in [-0.15, -0.1) is 0 Å². The van der Waals surface area contributed by atoms with E-state index in [-0.39, 0.29) is 4.90 Å². The monoisotopic (exact) mass is 289 g/mol. The molecule has 0 bridgehead atoms. The number of hydrogen-bond acceptors (Lipinski definition) is 6. The van der Waals surface area contributed by atoms with Crippen LogP contribution < -0.4 is 10.5 Å². The number of aliphatic carboxylic acids is 1. The zero-order chi connectivity index (χ0) is 14.3. The third kappa shape index (κ3) is 5.25. The molecule has 3 N–H and O–H groups in total. The zero-order valence-corrected chi connectivity index (χ0v) is 10.9. The van der Waals surface area contributed by atoms with Crippen LogP contribution in [0.2, 0.25) is 0 Å². The smallest absolute Gasteiger partial charge is 0.331 e. The van der Waals surface area contributed by atoms with Gasteiger partial charge in [-0.1, -0.05) is 0 Å². The molecule has 0 heterocycles. The fourth-order valence-electron chi connectivity index (χ4n) is 1.17. The number of carbonyl (C=O) groups is 1. The Morgan fingerprint density at radius 3 is 2.42 bits per heavy atom. The summed E-state index contributed by atoms with van der Waals surface area (Å²) in [6.07, 6.45) is 0.696. The van der Waals surface area contributed by atoms with Gasteiger partial charge in [0.1, 0.15) is 5.75 Å². The predicted molar refractivity (Wildman–Crippen MR) is 66.4 cm³/mol. The lowest BCUT2D eigenvalue weighted by Gasteiger charge is -2.07. The maximum absolute atomic E-state index is 11.6. The van der Waals surface area contributed by atoms with Gasteiger partial charge in [-0.05, 0) is 37.2 Å². The molecule has 7 nitrogen and oxygen atoms in total. The van der Waals surface area contributed by atoms with E-state index in [1.807, 2.05) is 0 Å². The lowest BCUT2D eigenvalue weighted by molar-refractivity contribution is -0.139. The van der Waals surface area contributed by atoms with Crippen LogP contribution in [0.5, 0.6) is 5.75 Å². The molecule has 0 radical (unpaired) electrons. The van der Waals surface area contributed by atoms with Crippen LogP contribution in [0.15, 0.2) is 29.2 Å². The molecule has 0 amide bonds. The van der Waals surface area contributed by atoms with E-state index in [0.717, 1.165) is 0 Å². The Morgan fingerprint density at radius 2 is 1.89 bits per heavy atom. The van der Waals surface area contributed by atoms with Crippen LogP contribution in [0.3, 0.4) is 0 Å². The fourth-order valence-corrected chi connectivity index (χ4v) is 2.03. The van der Waals surface area contributed by atoms with Crippen molar-refractivity contribution in [1.82, 2.24) is 0 Å². The van der Waals surface area contributed by atoms with E-state index >= 15 is 0 Å². The third-order valence-corrected chi connectivity index (χ3v) is 3.34. The van der Waals surface area contributed by atoms with Crippen LogP contribution in [-0.2, 0) is 19.1 Å². The summed E-state index contributed by atoms with van der Waals surface area (Å²) >= 11 is 0. The van der Waals surface area contributed by atoms with Crippen molar-refractivity contribution in [3.05, 3.63) is 24.3 Å². The van der Waals surface area contributed by atoms with Gasteiger partial charge >= 0.3 is 5.97 Å². The Kier molecular flexibility index (Phi) is 5.74. The van der Waals surface area contributed by atoms with E-state index in [0.29, 0.717) is 25.3 Å². The molecule has 0 fully saturated rings. The van der Waals surface area contributed by atoms with Crippen LogP contribution in [-0.4, -0.2) is 39.3 Å². The molecule has 1 rings (SSSR count). The summed E-state index contributed by atoms with van der Waals surface area (Å²) < 4.78 is 32.8. The lowest BCUT2D eigenvalue weighted by Crippen LogP contribution is -2.13. The topological polar surface area (TPSA) is 116 Å².